The topological polar surface area (TPSA) is 24.5 Å². The largest absolute Gasteiger partial charge is 0.382 e. The van der Waals surface area contributed by atoms with Crippen molar-refractivity contribution in [2.45, 2.75) is 31.2 Å². The summed E-state index contributed by atoms with van der Waals surface area (Å²) >= 11 is 0. The van der Waals surface area contributed by atoms with Gasteiger partial charge in [0.2, 0.25) is 0 Å². The highest BCUT2D eigenvalue weighted by Crippen LogP contribution is 2.27. The number of anilines is 1. The smallest absolute Gasteiger partial charge is 0.0693 e. The van der Waals surface area contributed by atoms with Gasteiger partial charge in [-0.25, -0.2) is 0 Å². The molecule has 1 N–H and O–H groups in total. The van der Waals surface area contributed by atoms with Crippen LogP contribution < -0.4 is 5.32 Å². The maximum absolute atomic E-state index is 5.55. The Morgan fingerprint density at radius 3 is 2.24 bits per heavy atom. The molecule has 134 valence electrons. The molecule has 0 atom stereocenters. The van der Waals surface area contributed by atoms with Crippen LogP contribution in [0.2, 0.25) is 0 Å². The lowest BCUT2D eigenvalue weighted by Gasteiger charge is -2.42. The Morgan fingerprint density at radius 1 is 0.960 bits per heavy atom. The number of methoxy groups -OCH3 is 1. The van der Waals surface area contributed by atoms with Crippen molar-refractivity contribution in [3.05, 3.63) is 66.2 Å². The van der Waals surface area contributed by atoms with E-state index in [1.165, 1.54) is 30.6 Å². The van der Waals surface area contributed by atoms with Crippen molar-refractivity contribution < 1.29 is 4.74 Å². The van der Waals surface area contributed by atoms with E-state index in [-0.39, 0.29) is 5.54 Å². The van der Waals surface area contributed by atoms with Crippen LogP contribution in [0.3, 0.4) is 0 Å². The number of aryl methyl sites for hydroxylation is 1. The fourth-order valence-corrected chi connectivity index (χ4v) is 3.77. The van der Waals surface area contributed by atoms with Gasteiger partial charge >= 0.3 is 0 Å². The van der Waals surface area contributed by atoms with Gasteiger partial charge in [-0.1, -0.05) is 48.5 Å². The first kappa shape index (κ1) is 18.0. The zero-order chi connectivity index (χ0) is 17.4. The van der Waals surface area contributed by atoms with E-state index in [1.54, 1.807) is 7.11 Å². The molecule has 3 heteroatoms. The van der Waals surface area contributed by atoms with Gasteiger partial charge < -0.3 is 15.0 Å². The number of rotatable bonds is 8. The van der Waals surface area contributed by atoms with Gasteiger partial charge in [0.1, 0.15) is 0 Å². The van der Waals surface area contributed by atoms with E-state index in [0.29, 0.717) is 0 Å². The van der Waals surface area contributed by atoms with Gasteiger partial charge in [-0.15, -0.1) is 0 Å². The minimum atomic E-state index is 0.0615. The predicted octanol–water partition coefficient (Wildman–Crippen LogP) is 4.21. The van der Waals surface area contributed by atoms with Crippen LogP contribution in [-0.4, -0.2) is 43.8 Å². The van der Waals surface area contributed by atoms with E-state index in [1.807, 2.05) is 0 Å². The highest BCUT2D eigenvalue weighted by molar-refractivity contribution is 5.45. The fourth-order valence-electron chi connectivity index (χ4n) is 3.77. The third-order valence-corrected chi connectivity index (χ3v) is 5.20. The zero-order valence-corrected chi connectivity index (χ0v) is 15.3. The van der Waals surface area contributed by atoms with Crippen LogP contribution in [0, 0.1) is 0 Å². The molecule has 1 aliphatic rings. The number of hydrogen-bond acceptors (Lipinski definition) is 3. The number of hydrogen-bond donors (Lipinski definition) is 1. The Kier molecular flexibility index (Phi) is 6.48. The lowest BCUT2D eigenvalue weighted by atomic mass is 9.87. The van der Waals surface area contributed by atoms with Gasteiger partial charge in [0.05, 0.1) is 12.1 Å². The van der Waals surface area contributed by atoms with Crippen LogP contribution in [0.15, 0.2) is 60.7 Å². The molecular formula is C22H30N2O. The summed E-state index contributed by atoms with van der Waals surface area (Å²) in [6.45, 7) is 4.22. The van der Waals surface area contributed by atoms with E-state index >= 15 is 0 Å². The first-order valence-corrected chi connectivity index (χ1v) is 9.38. The molecule has 0 radical (unpaired) electrons. The molecule has 1 saturated heterocycles. The number of ether oxygens (including phenoxy) is 1. The van der Waals surface area contributed by atoms with Crippen molar-refractivity contribution in [2.75, 3.05) is 38.7 Å². The number of piperidine rings is 1. The molecule has 0 bridgehead atoms. The molecule has 3 nitrogen and oxygen atoms in total. The SMILES string of the molecule is COCC1(Nc2ccccc2)CCN(CCCc2ccccc2)CC1. The van der Waals surface area contributed by atoms with Crippen molar-refractivity contribution in [3.63, 3.8) is 0 Å². The summed E-state index contributed by atoms with van der Waals surface area (Å²) < 4.78 is 5.55. The predicted molar refractivity (Wildman–Crippen MR) is 105 cm³/mol. The van der Waals surface area contributed by atoms with E-state index in [9.17, 15) is 0 Å². The number of para-hydroxylation sites is 1. The quantitative estimate of drug-likeness (QED) is 0.780. The molecule has 1 aliphatic heterocycles. The van der Waals surface area contributed by atoms with E-state index < -0.39 is 0 Å². The molecule has 0 saturated carbocycles. The Balaban J connectivity index is 1.48. The molecule has 0 aliphatic carbocycles. The lowest BCUT2D eigenvalue weighted by Crippen LogP contribution is -2.52. The molecular weight excluding hydrogens is 308 g/mol. The van der Waals surface area contributed by atoms with Gasteiger partial charge in [-0.05, 0) is 49.9 Å². The first-order valence-electron chi connectivity index (χ1n) is 9.38. The van der Waals surface area contributed by atoms with E-state index in [2.05, 4.69) is 70.9 Å². The van der Waals surface area contributed by atoms with Gasteiger partial charge in [0.25, 0.3) is 0 Å². The first-order chi connectivity index (χ1) is 12.3. The number of likely N-dealkylation sites (tertiary alicyclic amines) is 1. The number of nitrogens with zero attached hydrogens (tertiary/aromatic N) is 1. The second-order valence-corrected chi connectivity index (χ2v) is 7.14. The monoisotopic (exact) mass is 338 g/mol. The third-order valence-electron chi connectivity index (χ3n) is 5.20. The van der Waals surface area contributed by atoms with Crippen molar-refractivity contribution in [1.82, 2.24) is 4.90 Å². The van der Waals surface area contributed by atoms with Gasteiger partial charge in [0.15, 0.2) is 0 Å². The van der Waals surface area contributed by atoms with E-state index in [4.69, 9.17) is 4.74 Å². The summed E-state index contributed by atoms with van der Waals surface area (Å²) in [5, 5.41) is 3.75. The number of nitrogens with one attached hydrogen (secondary N) is 1. The van der Waals surface area contributed by atoms with Crippen LogP contribution >= 0.6 is 0 Å². The summed E-state index contributed by atoms with van der Waals surface area (Å²) in [6, 6.07) is 21.3. The molecule has 3 rings (SSSR count). The molecule has 1 heterocycles. The van der Waals surface area contributed by atoms with Crippen LogP contribution in [0.1, 0.15) is 24.8 Å². The highest BCUT2D eigenvalue weighted by Gasteiger charge is 2.34. The average Bonchev–Trinajstić information content (AvgIpc) is 2.65. The Hall–Kier alpha value is -1.84. The van der Waals surface area contributed by atoms with Crippen LogP contribution in [0.5, 0.6) is 0 Å². The van der Waals surface area contributed by atoms with Crippen LogP contribution in [-0.2, 0) is 11.2 Å². The molecule has 25 heavy (non-hydrogen) atoms. The van der Waals surface area contributed by atoms with Gasteiger partial charge in [-0.3, -0.25) is 0 Å². The van der Waals surface area contributed by atoms with Gasteiger partial charge in [-0.2, -0.15) is 0 Å². The lowest BCUT2D eigenvalue weighted by molar-refractivity contribution is 0.0883. The Morgan fingerprint density at radius 2 is 1.60 bits per heavy atom. The molecule has 2 aromatic carbocycles. The normalized spacial score (nSPS) is 17.3. The molecule has 0 unspecified atom stereocenters. The van der Waals surface area contributed by atoms with Crippen molar-refractivity contribution >= 4 is 5.69 Å². The Labute approximate surface area is 152 Å². The average molecular weight is 338 g/mol. The zero-order valence-electron chi connectivity index (χ0n) is 15.3. The third kappa shape index (κ3) is 5.32. The second kappa shape index (κ2) is 9.02. The number of benzene rings is 2. The molecule has 2 aromatic rings. The molecule has 0 amide bonds. The minimum Gasteiger partial charge on any atom is -0.382 e. The minimum absolute atomic E-state index is 0.0615. The van der Waals surface area contributed by atoms with Crippen molar-refractivity contribution in [1.29, 1.82) is 0 Å². The van der Waals surface area contributed by atoms with Gasteiger partial charge in [0, 0.05) is 25.9 Å². The maximum atomic E-state index is 5.55. The molecule has 1 fully saturated rings. The summed E-state index contributed by atoms with van der Waals surface area (Å²) in [5.41, 5.74) is 2.70. The van der Waals surface area contributed by atoms with Crippen molar-refractivity contribution in [3.8, 4) is 0 Å². The van der Waals surface area contributed by atoms with Crippen LogP contribution in [0.25, 0.3) is 0 Å². The van der Waals surface area contributed by atoms with Crippen LogP contribution in [0.4, 0.5) is 5.69 Å². The summed E-state index contributed by atoms with van der Waals surface area (Å²) in [7, 11) is 1.81. The maximum Gasteiger partial charge on any atom is 0.0693 e. The van der Waals surface area contributed by atoms with Crippen molar-refractivity contribution in [2.24, 2.45) is 0 Å². The fraction of sp³-hybridized carbons (Fsp3) is 0.455. The summed E-state index contributed by atoms with van der Waals surface area (Å²) in [6.07, 6.45) is 4.65. The summed E-state index contributed by atoms with van der Waals surface area (Å²) in [5.74, 6) is 0. The highest BCUT2D eigenvalue weighted by atomic mass is 16.5. The standard InChI is InChI=1S/C22H30N2O/c1-25-19-22(23-21-12-6-3-7-13-21)14-17-24(18-15-22)16-8-11-20-9-4-2-5-10-20/h2-7,9-10,12-13,23H,8,11,14-19H2,1H3. The molecule has 0 spiro atoms. The molecule has 0 aromatic heterocycles. The second-order valence-electron chi connectivity index (χ2n) is 7.14. The Bertz CT molecular complexity index is 606. The summed E-state index contributed by atoms with van der Waals surface area (Å²) in [4.78, 5) is 2.60. The van der Waals surface area contributed by atoms with E-state index in [0.717, 1.165) is 32.5 Å².